The number of anilines is 1. The van der Waals surface area contributed by atoms with Crippen LogP contribution in [0.5, 0.6) is 5.75 Å². The second-order valence-corrected chi connectivity index (χ2v) is 6.18. The molecule has 0 bridgehead atoms. The van der Waals surface area contributed by atoms with Crippen LogP contribution in [0, 0.1) is 5.82 Å². The van der Waals surface area contributed by atoms with Gasteiger partial charge in [-0.2, -0.15) is 0 Å². The lowest BCUT2D eigenvalue weighted by Crippen LogP contribution is -2.36. The minimum Gasteiger partial charge on any atom is -0.488 e. The smallest absolute Gasteiger partial charge is 0.410 e. The van der Waals surface area contributed by atoms with Crippen LogP contribution in [0.25, 0.3) is 0 Å². The Kier molecular flexibility index (Phi) is 4.25. The Morgan fingerprint density at radius 3 is 2.71 bits per heavy atom. The van der Waals surface area contributed by atoms with Gasteiger partial charge < -0.3 is 20.1 Å². The molecule has 116 valence electrons. The molecule has 1 aromatic carbocycles. The lowest BCUT2D eigenvalue weighted by Gasteiger charge is -2.24. The highest BCUT2D eigenvalue weighted by molar-refractivity contribution is 5.68. The van der Waals surface area contributed by atoms with Crippen molar-refractivity contribution in [2.45, 2.75) is 38.9 Å². The first-order valence-electron chi connectivity index (χ1n) is 6.93. The van der Waals surface area contributed by atoms with Gasteiger partial charge in [0.05, 0.1) is 6.54 Å². The summed E-state index contributed by atoms with van der Waals surface area (Å²) in [5.74, 6) is -0.0597. The standard InChI is InChI=1S/C15H21FN2O3/c1-15(2,3)21-14(19)18-5-4-12(9-18)20-13-7-10(16)6-11(17)8-13/h6-8,12H,4-5,9,17H2,1-3H3/t12-/m1/s1. The molecule has 5 nitrogen and oxygen atoms in total. The lowest BCUT2D eigenvalue weighted by molar-refractivity contribution is 0.0275. The van der Waals surface area contributed by atoms with Crippen molar-refractivity contribution in [3.05, 3.63) is 24.0 Å². The monoisotopic (exact) mass is 296 g/mol. The van der Waals surface area contributed by atoms with Gasteiger partial charge in [-0.1, -0.05) is 0 Å². The molecule has 1 aliphatic rings. The van der Waals surface area contributed by atoms with Crippen molar-refractivity contribution in [1.82, 2.24) is 4.90 Å². The van der Waals surface area contributed by atoms with E-state index in [0.29, 0.717) is 30.9 Å². The van der Waals surface area contributed by atoms with Gasteiger partial charge in [0, 0.05) is 30.8 Å². The number of nitrogens with two attached hydrogens (primary N) is 1. The van der Waals surface area contributed by atoms with Gasteiger partial charge in [-0.25, -0.2) is 9.18 Å². The highest BCUT2D eigenvalue weighted by atomic mass is 19.1. The fourth-order valence-corrected chi connectivity index (χ4v) is 2.16. The van der Waals surface area contributed by atoms with Crippen LogP contribution >= 0.6 is 0 Å². The van der Waals surface area contributed by atoms with Crippen molar-refractivity contribution >= 4 is 11.8 Å². The fourth-order valence-electron chi connectivity index (χ4n) is 2.16. The summed E-state index contributed by atoms with van der Waals surface area (Å²) in [6.07, 6.45) is 0.140. The minimum absolute atomic E-state index is 0.182. The van der Waals surface area contributed by atoms with Gasteiger partial charge >= 0.3 is 6.09 Å². The van der Waals surface area contributed by atoms with Crippen LogP contribution in [0.4, 0.5) is 14.9 Å². The third-order valence-electron chi connectivity index (χ3n) is 2.99. The van der Waals surface area contributed by atoms with Crippen molar-refractivity contribution in [2.75, 3.05) is 18.8 Å². The van der Waals surface area contributed by atoms with Gasteiger partial charge in [-0.3, -0.25) is 0 Å². The van der Waals surface area contributed by atoms with Crippen LogP contribution in [0.2, 0.25) is 0 Å². The molecular formula is C15H21FN2O3. The predicted octanol–water partition coefficient (Wildman–Crippen LogP) is 2.80. The number of benzene rings is 1. The van der Waals surface area contributed by atoms with Crippen molar-refractivity contribution in [2.24, 2.45) is 0 Å². The van der Waals surface area contributed by atoms with E-state index in [1.807, 2.05) is 20.8 Å². The highest BCUT2D eigenvalue weighted by Gasteiger charge is 2.30. The van der Waals surface area contributed by atoms with E-state index in [9.17, 15) is 9.18 Å². The number of rotatable bonds is 2. The number of carbonyl (C=O) groups excluding carboxylic acids is 1. The van der Waals surface area contributed by atoms with E-state index in [1.54, 1.807) is 11.0 Å². The number of halogens is 1. The van der Waals surface area contributed by atoms with Gasteiger partial charge in [-0.05, 0) is 26.8 Å². The van der Waals surface area contributed by atoms with E-state index in [-0.39, 0.29) is 12.2 Å². The molecule has 1 atom stereocenters. The number of hydrogen-bond acceptors (Lipinski definition) is 4. The Balaban J connectivity index is 1.92. The Morgan fingerprint density at radius 2 is 2.10 bits per heavy atom. The summed E-state index contributed by atoms with van der Waals surface area (Å²) in [5, 5.41) is 0. The number of amides is 1. The maximum absolute atomic E-state index is 13.2. The van der Waals surface area contributed by atoms with E-state index in [4.69, 9.17) is 15.2 Å². The molecule has 0 saturated carbocycles. The third kappa shape index (κ3) is 4.51. The van der Waals surface area contributed by atoms with E-state index in [2.05, 4.69) is 0 Å². The molecule has 0 spiro atoms. The molecule has 2 rings (SSSR count). The number of nitrogens with zero attached hydrogens (tertiary/aromatic N) is 1. The molecule has 1 saturated heterocycles. The third-order valence-corrected chi connectivity index (χ3v) is 2.99. The van der Waals surface area contributed by atoms with E-state index >= 15 is 0 Å². The second kappa shape index (κ2) is 5.79. The average molecular weight is 296 g/mol. The van der Waals surface area contributed by atoms with E-state index in [1.165, 1.54) is 12.1 Å². The predicted molar refractivity (Wildman–Crippen MR) is 77.7 cm³/mol. The van der Waals surface area contributed by atoms with Crippen molar-refractivity contribution in [1.29, 1.82) is 0 Å². The molecule has 0 aliphatic carbocycles. The largest absolute Gasteiger partial charge is 0.488 e. The first-order chi connectivity index (χ1) is 9.73. The van der Waals surface area contributed by atoms with Crippen LogP contribution < -0.4 is 10.5 Å². The first kappa shape index (κ1) is 15.4. The molecule has 6 heteroatoms. The molecule has 0 unspecified atom stereocenters. The normalized spacial score (nSPS) is 18.7. The highest BCUT2D eigenvalue weighted by Crippen LogP contribution is 2.23. The SMILES string of the molecule is CC(C)(C)OC(=O)N1CC[C@@H](Oc2cc(N)cc(F)c2)C1. The van der Waals surface area contributed by atoms with Gasteiger partial charge in [0.25, 0.3) is 0 Å². The van der Waals surface area contributed by atoms with Gasteiger partial charge in [0.15, 0.2) is 0 Å². The van der Waals surface area contributed by atoms with Crippen LogP contribution in [0.1, 0.15) is 27.2 Å². The molecule has 1 fully saturated rings. The fraction of sp³-hybridized carbons (Fsp3) is 0.533. The Hall–Kier alpha value is -1.98. The average Bonchev–Trinajstić information content (AvgIpc) is 2.73. The zero-order chi connectivity index (χ0) is 15.6. The summed E-state index contributed by atoms with van der Waals surface area (Å²) >= 11 is 0. The van der Waals surface area contributed by atoms with Crippen LogP contribution in [0.3, 0.4) is 0 Å². The molecule has 1 aliphatic heterocycles. The molecule has 1 aromatic rings. The first-order valence-corrected chi connectivity index (χ1v) is 6.93. The number of ether oxygens (including phenoxy) is 2. The Labute approximate surface area is 123 Å². The summed E-state index contributed by atoms with van der Waals surface area (Å²) in [4.78, 5) is 13.5. The zero-order valence-corrected chi connectivity index (χ0v) is 12.6. The summed E-state index contributed by atoms with van der Waals surface area (Å²) in [7, 11) is 0. The molecule has 0 aromatic heterocycles. The molecule has 2 N–H and O–H groups in total. The summed E-state index contributed by atoms with van der Waals surface area (Å²) in [6, 6.07) is 4.08. The van der Waals surface area contributed by atoms with Gasteiger partial charge in [-0.15, -0.1) is 0 Å². The van der Waals surface area contributed by atoms with E-state index < -0.39 is 11.4 Å². The molecule has 1 amide bonds. The maximum atomic E-state index is 13.2. The van der Waals surface area contributed by atoms with Crippen molar-refractivity contribution in [3.63, 3.8) is 0 Å². The summed E-state index contributed by atoms with van der Waals surface area (Å²) in [6.45, 7) is 6.45. The van der Waals surface area contributed by atoms with Gasteiger partial charge in [0.2, 0.25) is 0 Å². The summed E-state index contributed by atoms with van der Waals surface area (Å²) in [5.41, 5.74) is 5.37. The number of carbonyl (C=O) groups is 1. The molecular weight excluding hydrogens is 275 g/mol. The molecule has 0 radical (unpaired) electrons. The number of hydrogen-bond donors (Lipinski definition) is 1. The van der Waals surface area contributed by atoms with Crippen molar-refractivity contribution < 1.29 is 18.7 Å². The van der Waals surface area contributed by atoms with Crippen LogP contribution in [0.15, 0.2) is 18.2 Å². The van der Waals surface area contributed by atoms with Crippen LogP contribution in [-0.2, 0) is 4.74 Å². The molecule has 1 heterocycles. The number of nitrogen functional groups attached to an aromatic ring is 1. The Morgan fingerprint density at radius 1 is 1.38 bits per heavy atom. The van der Waals surface area contributed by atoms with Gasteiger partial charge in [0.1, 0.15) is 23.3 Å². The molecule has 21 heavy (non-hydrogen) atoms. The maximum Gasteiger partial charge on any atom is 0.410 e. The van der Waals surface area contributed by atoms with Crippen LogP contribution in [-0.4, -0.2) is 35.8 Å². The Bertz CT molecular complexity index is 508. The minimum atomic E-state index is -0.521. The zero-order valence-electron chi connectivity index (χ0n) is 12.6. The number of likely N-dealkylation sites (tertiary alicyclic amines) is 1. The summed E-state index contributed by atoms with van der Waals surface area (Å²) < 4.78 is 24.2. The quantitative estimate of drug-likeness (QED) is 0.852. The second-order valence-electron chi connectivity index (χ2n) is 6.18. The van der Waals surface area contributed by atoms with E-state index in [0.717, 1.165) is 0 Å². The topological polar surface area (TPSA) is 64.8 Å². The van der Waals surface area contributed by atoms with Crippen molar-refractivity contribution in [3.8, 4) is 5.75 Å². The lowest BCUT2D eigenvalue weighted by atomic mass is 10.2.